The molecular formula is C16H18N2O3S. The molecule has 22 heavy (non-hydrogen) atoms. The number of nitrogens with zero attached hydrogens (tertiary/aromatic N) is 1. The molecule has 0 spiro atoms. The molecule has 6 heteroatoms. The van der Waals surface area contributed by atoms with E-state index in [4.69, 9.17) is 9.47 Å². The first kappa shape index (κ1) is 15.0. The summed E-state index contributed by atoms with van der Waals surface area (Å²) in [5.74, 6) is 0.362. The van der Waals surface area contributed by atoms with Crippen molar-refractivity contribution < 1.29 is 14.3 Å². The Morgan fingerprint density at radius 3 is 3.09 bits per heavy atom. The molecule has 1 N–H and O–H groups in total. The molecule has 0 bridgehead atoms. The van der Waals surface area contributed by atoms with Gasteiger partial charge in [0, 0.05) is 17.7 Å². The second-order valence-corrected chi connectivity index (χ2v) is 6.41. The van der Waals surface area contributed by atoms with Gasteiger partial charge in [0.25, 0.3) is 5.91 Å². The van der Waals surface area contributed by atoms with Crippen LogP contribution in [0.15, 0.2) is 30.5 Å². The van der Waals surface area contributed by atoms with Gasteiger partial charge in [-0.05, 0) is 31.9 Å². The minimum atomic E-state index is -0.211. The maximum atomic E-state index is 12.4. The van der Waals surface area contributed by atoms with Gasteiger partial charge in [-0.15, -0.1) is 11.3 Å². The fourth-order valence-corrected chi connectivity index (χ4v) is 2.98. The number of carbonyl (C=O) groups is 1. The van der Waals surface area contributed by atoms with Crippen LogP contribution in [0.2, 0.25) is 0 Å². The van der Waals surface area contributed by atoms with Crippen molar-refractivity contribution in [3.05, 3.63) is 40.9 Å². The fraction of sp³-hybridized carbons (Fsp3) is 0.375. The lowest BCUT2D eigenvalue weighted by Gasteiger charge is -2.14. The number of nitrogens with one attached hydrogen (secondary N) is 1. The quantitative estimate of drug-likeness (QED) is 0.919. The first-order chi connectivity index (χ1) is 10.7. The van der Waals surface area contributed by atoms with E-state index < -0.39 is 0 Å². The highest BCUT2D eigenvalue weighted by molar-refractivity contribution is 7.15. The number of amides is 1. The number of aryl methyl sites for hydroxylation is 1. The molecule has 0 aliphatic carbocycles. The van der Waals surface area contributed by atoms with E-state index in [1.807, 2.05) is 19.1 Å². The van der Waals surface area contributed by atoms with E-state index in [0.717, 1.165) is 24.3 Å². The average molecular weight is 318 g/mol. The van der Waals surface area contributed by atoms with Crippen LogP contribution in [0.1, 0.15) is 28.1 Å². The van der Waals surface area contributed by atoms with E-state index >= 15 is 0 Å². The largest absolute Gasteiger partial charge is 0.490 e. The predicted octanol–water partition coefficient (Wildman–Crippen LogP) is 3.26. The molecule has 5 nitrogen and oxygen atoms in total. The van der Waals surface area contributed by atoms with E-state index in [-0.39, 0.29) is 12.0 Å². The number of rotatable bonds is 5. The second-order valence-electron chi connectivity index (χ2n) is 5.17. The lowest BCUT2D eigenvalue weighted by molar-refractivity contribution is 0.0673. The van der Waals surface area contributed by atoms with Gasteiger partial charge >= 0.3 is 0 Å². The molecule has 1 atom stereocenters. The van der Waals surface area contributed by atoms with Crippen molar-refractivity contribution in [2.75, 3.05) is 18.5 Å². The summed E-state index contributed by atoms with van der Waals surface area (Å²) in [7, 11) is 0. The summed E-state index contributed by atoms with van der Waals surface area (Å²) in [5.41, 5.74) is 0.508. The number of hydrogen-bond donors (Lipinski definition) is 1. The zero-order valence-electron chi connectivity index (χ0n) is 12.4. The van der Waals surface area contributed by atoms with Crippen LogP contribution in [0.4, 0.5) is 5.13 Å². The SMILES string of the molecule is Cc1cnc(NC(=O)c2ccccc2OCC2CCCO2)s1. The Kier molecular flexibility index (Phi) is 4.70. The maximum absolute atomic E-state index is 12.4. The number of anilines is 1. The lowest BCUT2D eigenvalue weighted by Crippen LogP contribution is -2.19. The van der Waals surface area contributed by atoms with Crippen LogP contribution in [0.25, 0.3) is 0 Å². The second kappa shape index (κ2) is 6.89. The molecule has 116 valence electrons. The minimum Gasteiger partial charge on any atom is -0.490 e. The first-order valence-corrected chi connectivity index (χ1v) is 8.11. The molecule has 0 radical (unpaired) electrons. The molecular weight excluding hydrogens is 300 g/mol. The number of thiazole rings is 1. The number of benzene rings is 1. The number of hydrogen-bond acceptors (Lipinski definition) is 5. The van der Waals surface area contributed by atoms with Gasteiger partial charge < -0.3 is 9.47 Å². The van der Waals surface area contributed by atoms with Crippen molar-refractivity contribution in [2.24, 2.45) is 0 Å². The molecule has 3 rings (SSSR count). The average Bonchev–Trinajstić information content (AvgIpc) is 3.17. The van der Waals surface area contributed by atoms with Gasteiger partial charge in [-0.2, -0.15) is 0 Å². The summed E-state index contributed by atoms with van der Waals surface area (Å²) >= 11 is 1.45. The van der Waals surface area contributed by atoms with Gasteiger partial charge in [0.15, 0.2) is 5.13 Å². The molecule has 1 aromatic heterocycles. The van der Waals surface area contributed by atoms with Crippen LogP contribution in [0.3, 0.4) is 0 Å². The van der Waals surface area contributed by atoms with Crippen LogP contribution in [0, 0.1) is 6.92 Å². The van der Waals surface area contributed by atoms with Gasteiger partial charge in [-0.3, -0.25) is 10.1 Å². The van der Waals surface area contributed by atoms with E-state index in [1.54, 1.807) is 18.3 Å². The van der Waals surface area contributed by atoms with Crippen LogP contribution in [0.5, 0.6) is 5.75 Å². The molecule has 1 saturated heterocycles. The van der Waals surface area contributed by atoms with E-state index in [2.05, 4.69) is 10.3 Å². The summed E-state index contributed by atoms with van der Waals surface area (Å²) in [4.78, 5) is 17.6. The summed E-state index contributed by atoms with van der Waals surface area (Å²) in [6, 6.07) is 7.23. The summed E-state index contributed by atoms with van der Waals surface area (Å²) < 4.78 is 11.3. The van der Waals surface area contributed by atoms with Crippen molar-refractivity contribution in [1.29, 1.82) is 0 Å². The van der Waals surface area contributed by atoms with Gasteiger partial charge in [0.05, 0.1) is 11.7 Å². The van der Waals surface area contributed by atoms with Crippen molar-refractivity contribution >= 4 is 22.4 Å². The van der Waals surface area contributed by atoms with Gasteiger partial charge in [0.2, 0.25) is 0 Å². The number of carbonyl (C=O) groups excluding carboxylic acids is 1. The van der Waals surface area contributed by atoms with Crippen LogP contribution in [-0.4, -0.2) is 30.2 Å². The number of para-hydroxylation sites is 1. The Balaban J connectivity index is 1.68. The Labute approximate surface area is 133 Å². The standard InChI is InChI=1S/C16H18N2O3S/c1-11-9-17-16(22-11)18-15(19)13-6-2-3-7-14(13)21-10-12-5-4-8-20-12/h2-3,6-7,9,12H,4-5,8,10H2,1H3,(H,17,18,19). The Hall–Kier alpha value is -1.92. The summed E-state index contributed by atoms with van der Waals surface area (Å²) in [5, 5.41) is 3.40. The molecule has 1 amide bonds. The molecule has 1 unspecified atom stereocenters. The first-order valence-electron chi connectivity index (χ1n) is 7.29. The third-order valence-corrected chi connectivity index (χ3v) is 4.25. The van der Waals surface area contributed by atoms with E-state index in [1.165, 1.54) is 11.3 Å². The molecule has 0 saturated carbocycles. The zero-order chi connectivity index (χ0) is 15.4. The number of ether oxygens (including phenoxy) is 2. The summed E-state index contributed by atoms with van der Waals surface area (Å²) in [6.45, 7) is 3.21. The van der Waals surface area contributed by atoms with Crippen molar-refractivity contribution in [1.82, 2.24) is 4.98 Å². The van der Waals surface area contributed by atoms with Crippen molar-refractivity contribution in [2.45, 2.75) is 25.9 Å². The predicted molar refractivity (Wildman–Crippen MR) is 85.7 cm³/mol. The smallest absolute Gasteiger partial charge is 0.261 e. The van der Waals surface area contributed by atoms with E-state index in [9.17, 15) is 4.79 Å². The molecule has 1 aliphatic heterocycles. The highest BCUT2D eigenvalue weighted by atomic mass is 32.1. The third kappa shape index (κ3) is 3.64. The summed E-state index contributed by atoms with van der Waals surface area (Å²) in [6.07, 6.45) is 3.93. The normalized spacial score (nSPS) is 17.4. The highest BCUT2D eigenvalue weighted by Gasteiger charge is 2.18. The Bertz CT molecular complexity index is 650. The molecule has 2 heterocycles. The number of aromatic nitrogens is 1. The minimum absolute atomic E-state index is 0.123. The monoisotopic (exact) mass is 318 g/mol. The molecule has 2 aromatic rings. The lowest BCUT2D eigenvalue weighted by atomic mass is 10.2. The Morgan fingerprint density at radius 1 is 1.50 bits per heavy atom. The Morgan fingerprint density at radius 2 is 2.36 bits per heavy atom. The van der Waals surface area contributed by atoms with Gasteiger partial charge in [-0.1, -0.05) is 12.1 Å². The topological polar surface area (TPSA) is 60.5 Å². The van der Waals surface area contributed by atoms with Crippen molar-refractivity contribution in [3.63, 3.8) is 0 Å². The highest BCUT2D eigenvalue weighted by Crippen LogP contribution is 2.23. The molecule has 1 aromatic carbocycles. The van der Waals surface area contributed by atoms with Crippen molar-refractivity contribution in [3.8, 4) is 5.75 Å². The van der Waals surface area contributed by atoms with Crippen LogP contribution < -0.4 is 10.1 Å². The van der Waals surface area contributed by atoms with E-state index in [0.29, 0.717) is 23.1 Å². The zero-order valence-corrected chi connectivity index (χ0v) is 13.2. The molecule has 1 fully saturated rings. The van der Waals surface area contributed by atoms with Gasteiger partial charge in [0.1, 0.15) is 12.4 Å². The van der Waals surface area contributed by atoms with Gasteiger partial charge in [-0.25, -0.2) is 4.98 Å². The van der Waals surface area contributed by atoms with Crippen LogP contribution in [-0.2, 0) is 4.74 Å². The fourth-order valence-electron chi connectivity index (χ4n) is 2.32. The third-order valence-electron chi connectivity index (χ3n) is 3.42. The van der Waals surface area contributed by atoms with Crippen LogP contribution >= 0.6 is 11.3 Å². The molecule has 1 aliphatic rings. The maximum Gasteiger partial charge on any atom is 0.261 e.